The molecule has 9 nitrogen and oxygen atoms in total. The van der Waals surface area contributed by atoms with Crippen LogP contribution in [0.25, 0.3) is 11.3 Å². The Morgan fingerprint density at radius 3 is 2.68 bits per heavy atom. The lowest BCUT2D eigenvalue weighted by molar-refractivity contribution is 0.0773. The van der Waals surface area contributed by atoms with E-state index in [0.717, 1.165) is 43.2 Å². The van der Waals surface area contributed by atoms with Gasteiger partial charge in [0.05, 0.1) is 55.1 Å². The Balaban J connectivity index is 1.26. The molecule has 0 spiro atoms. The second-order valence-corrected chi connectivity index (χ2v) is 9.69. The average molecular weight is 473 g/mol. The van der Waals surface area contributed by atoms with Gasteiger partial charge in [-0.1, -0.05) is 0 Å². The Morgan fingerprint density at radius 2 is 1.94 bits per heavy atom. The fourth-order valence-corrected chi connectivity index (χ4v) is 5.21. The lowest BCUT2D eigenvalue weighted by Gasteiger charge is -2.43. The largest absolute Gasteiger partial charge is 0.379 e. The summed E-state index contributed by atoms with van der Waals surface area (Å²) < 4.78 is 9.54. The highest BCUT2D eigenvalue weighted by molar-refractivity contribution is 7.97. The summed E-state index contributed by atoms with van der Waals surface area (Å²) in [5.41, 5.74) is 2.10. The molecule has 3 aromatic rings. The third-order valence-electron chi connectivity index (χ3n) is 6.18. The molecule has 5 rings (SSSR count). The average Bonchev–Trinajstić information content (AvgIpc) is 3.34. The van der Waals surface area contributed by atoms with Gasteiger partial charge in [-0.2, -0.15) is 15.6 Å². The highest BCUT2D eigenvalue weighted by atomic mass is 32.2. The minimum atomic E-state index is -0.400. The van der Waals surface area contributed by atoms with Gasteiger partial charge in [-0.05, 0) is 55.1 Å². The van der Waals surface area contributed by atoms with Crippen LogP contribution in [0.1, 0.15) is 19.3 Å². The molecular weight excluding hydrogens is 448 g/mol. The predicted molar refractivity (Wildman–Crippen MR) is 128 cm³/mol. The van der Waals surface area contributed by atoms with Crippen molar-refractivity contribution in [3.05, 3.63) is 48.9 Å². The van der Waals surface area contributed by atoms with Crippen LogP contribution in [-0.4, -0.2) is 50.4 Å². The third-order valence-corrected chi connectivity index (χ3v) is 7.28. The van der Waals surface area contributed by atoms with Crippen LogP contribution in [0, 0.1) is 28.6 Å². The number of nitrogens with one attached hydrogen (secondary N) is 1. The molecule has 34 heavy (non-hydrogen) atoms. The van der Waals surface area contributed by atoms with Crippen LogP contribution in [0.4, 0.5) is 11.6 Å². The van der Waals surface area contributed by atoms with Crippen molar-refractivity contribution in [2.75, 3.05) is 31.6 Å². The Labute approximate surface area is 202 Å². The van der Waals surface area contributed by atoms with E-state index in [9.17, 15) is 5.26 Å². The molecule has 0 amide bonds. The van der Waals surface area contributed by atoms with Gasteiger partial charge in [-0.3, -0.25) is 4.68 Å². The SMILES string of the molecule is N#CCC1(n2cc(-c3ccnc(Nc4ccc(SN5CCOCC5)cc4)n3)cn2)CC(C#N)C1. The number of aromatic nitrogens is 4. The summed E-state index contributed by atoms with van der Waals surface area (Å²) in [6, 6.07) is 14.6. The molecule has 0 atom stereocenters. The summed E-state index contributed by atoms with van der Waals surface area (Å²) in [5, 5.41) is 26.2. The fraction of sp³-hybridized carbons (Fsp3) is 0.375. The number of rotatable bonds is 7. The summed E-state index contributed by atoms with van der Waals surface area (Å²) in [5.74, 6) is 0.480. The van der Waals surface area contributed by atoms with Crippen LogP contribution < -0.4 is 5.32 Å². The quantitative estimate of drug-likeness (QED) is 0.510. The second kappa shape index (κ2) is 9.82. The van der Waals surface area contributed by atoms with Crippen molar-refractivity contribution in [2.45, 2.75) is 29.7 Å². The summed E-state index contributed by atoms with van der Waals surface area (Å²) in [7, 11) is 0. The number of morpholine rings is 1. The van der Waals surface area contributed by atoms with Crippen molar-refractivity contribution >= 4 is 23.6 Å². The summed E-state index contributed by atoms with van der Waals surface area (Å²) in [6.07, 6.45) is 7.01. The molecule has 0 bridgehead atoms. The highest BCUT2D eigenvalue weighted by Gasteiger charge is 2.46. The van der Waals surface area contributed by atoms with E-state index in [1.165, 1.54) is 4.90 Å². The maximum atomic E-state index is 9.28. The van der Waals surface area contributed by atoms with Crippen LogP contribution in [0.3, 0.4) is 0 Å². The van der Waals surface area contributed by atoms with Crippen molar-refractivity contribution in [3.63, 3.8) is 0 Å². The maximum Gasteiger partial charge on any atom is 0.227 e. The standard InChI is InChI=1S/C24H24N8OS/c25-7-6-24(13-18(14-24)15-26)32-17-19(16-28-32)22-5-8-27-23(30-22)29-20-1-3-21(4-2-20)34-31-9-11-33-12-10-31/h1-5,8,16-18H,6,9-14H2,(H,27,29,30). The molecule has 1 saturated carbocycles. The van der Waals surface area contributed by atoms with E-state index >= 15 is 0 Å². The van der Waals surface area contributed by atoms with Gasteiger partial charge in [0.25, 0.3) is 0 Å². The van der Waals surface area contributed by atoms with Crippen LogP contribution in [-0.2, 0) is 10.3 Å². The Hall–Kier alpha value is -3.44. The Bertz CT molecular complexity index is 1220. The molecule has 1 N–H and O–H groups in total. The van der Waals surface area contributed by atoms with Gasteiger partial charge in [0.2, 0.25) is 5.95 Å². The molecule has 3 heterocycles. The number of anilines is 2. The molecular formula is C24H24N8OS. The van der Waals surface area contributed by atoms with E-state index in [1.807, 2.05) is 29.1 Å². The number of ether oxygens (including phenoxy) is 1. The molecule has 2 fully saturated rings. The van der Waals surface area contributed by atoms with Crippen LogP contribution in [0.2, 0.25) is 0 Å². The zero-order chi connectivity index (χ0) is 23.4. The van der Waals surface area contributed by atoms with Crippen molar-refractivity contribution in [1.82, 2.24) is 24.1 Å². The van der Waals surface area contributed by atoms with E-state index in [4.69, 9.17) is 10.00 Å². The van der Waals surface area contributed by atoms with E-state index < -0.39 is 5.54 Å². The fourth-order valence-electron chi connectivity index (χ4n) is 4.32. The van der Waals surface area contributed by atoms with Gasteiger partial charge in [-0.25, -0.2) is 14.3 Å². The van der Waals surface area contributed by atoms with E-state index in [2.05, 4.69) is 49.0 Å². The lowest BCUT2D eigenvalue weighted by Crippen LogP contribution is -2.46. The Kier molecular flexibility index (Phi) is 6.45. The first kappa shape index (κ1) is 22.4. The molecule has 1 aromatic carbocycles. The maximum absolute atomic E-state index is 9.28. The zero-order valence-corrected chi connectivity index (χ0v) is 19.4. The monoisotopic (exact) mass is 472 g/mol. The molecule has 1 aliphatic heterocycles. The number of hydrogen-bond donors (Lipinski definition) is 1. The normalized spacial score (nSPS) is 22.4. The molecule has 2 aliphatic rings. The van der Waals surface area contributed by atoms with Gasteiger partial charge in [-0.15, -0.1) is 0 Å². The first-order valence-corrected chi connectivity index (χ1v) is 12.0. The molecule has 0 unspecified atom stereocenters. The molecule has 2 aromatic heterocycles. The van der Waals surface area contributed by atoms with Crippen LogP contribution in [0.5, 0.6) is 0 Å². The number of benzene rings is 1. The van der Waals surface area contributed by atoms with Gasteiger partial charge < -0.3 is 10.1 Å². The first-order valence-electron chi connectivity index (χ1n) is 11.2. The summed E-state index contributed by atoms with van der Waals surface area (Å²) in [4.78, 5) is 10.2. The topological polar surface area (TPSA) is 116 Å². The minimum absolute atomic E-state index is 0.0190. The van der Waals surface area contributed by atoms with Crippen LogP contribution >= 0.6 is 11.9 Å². The van der Waals surface area contributed by atoms with Crippen molar-refractivity contribution in [1.29, 1.82) is 10.5 Å². The second-order valence-electron chi connectivity index (χ2n) is 8.51. The molecule has 0 radical (unpaired) electrons. The number of nitrogens with zero attached hydrogens (tertiary/aromatic N) is 7. The van der Waals surface area contributed by atoms with Crippen molar-refractivity contribution < 1.29 is 4.74 Å². The number of nitriles is 2. The zero-order valence-electron chi connectivity index (χ0n) is 18.6. The molecule has 1 saturated heterocycles. The third kappa shape index (κ3) is 4.75. The van der Waals surface area contributed by atoms with Gasteiger partial charge in [0.1, 0.15) is 0 Å². The van der Waals surface area contributed by atoms with Gasteiger partial charge in [0, 0.05) is 41.6 Å². The van der Waals surface area contributed by atoms with Crippen LogP contribution in [0.15, 0.2) is 53.8 Å². The summed E-state index contributed by atoms with van der Waals surface area (Å²) >= 11 is 1.74. The summed E-state index contributed by atoms with van der Waals surface area (Å²) in [6.45, 7) is 3.41. The Morgan fingerprint density at radius 1 is 1.15 bits per heavy atom. The van der Waals surface area contributed by atoms with E-state index in [1.54, 1.807) is 24.3 Å². The highest BCUT2D eigenvalue weighted by Crippen LogP contribution is 2.46. The smallest absolute Gasteiger partial charge is 0.227 e. The van der Waals surface area contributed by atoms with E-state index in [-0.39, 0.29) is 5.92 Å². The molecule has 10 heteroatoms. The van der Waals surface area contributed by atoms with E-state index in [0.29, 0.717) is 25.2 Å². The van der Waals surface area contributed by atoms with Gasteiger partial charge >= 0.3 is 0 Å². The van der Waals surface area contributed by atoms with Crippen molar-refractivity contribution in [2.24, 2.45) is 5.92 Å². The number of hydrogen-bond acceptors (Lipinski definition) is 9. The first-order chi connectivity index (χ1) is 16.7. The van der Waals surface area contributed by atoms with Crippen molar-refractivity contribution in [3.8, 4) is 23.4 Å². The molecule has 1 aliphatic carbocycles. The predicted octanol–water partition coefficient (Wildman–Crippen LogP) is 3.97. The molecule has 172 valence electrons. The minimum Gasteiger partial charge on any atom is -0.379 e. The lowest BCUT2D eigenvalue weighted by atomic mass is 9.67. The van der Waals surface area contributed by atoms with Gasteiger partial charge in [0.15, 0.2) is 0 Å².